The van der Waals surface area contributed by atoms with Crippen molar-refractivity contribution in [3.8, 4) is 6.07 Å². The molecule has 1 saturated heterocycles. The summed E-state index contributed by atoms with van der Waals surface area (Å²) in [4.78, 5) is 6.75. The maximum Gasteiger partial charge on any atom is 0.148 e. The Bertz CT molecular complexity index is 494. The first-order valence-electron chi connectivity index (χ1n) is 6.62. The van der Waals surface area contributed by atoms with Crippen LogP contribution in [0.25, 0.3) is 0 Å². The summed E-state index contributed by atoms with van der Waals surface area (Å²) in [6.07, 6.45) is 8.10. The van der Waals surface area contributed by atoms with E-state index in [0.29, 0.717) is 16.6 Å². The van der Waals surface area contributed by atoms with Gasteiger partial charge in [-0.1, -0.05) is 18.0 Å². The highest BCUT2D eigenvalue weighted by Gasteiger charge is 2.36. The summed E-state index contributed by atoms with van der Waals surface area (Å²) < 4.78 is 0. The van der Waals surface area contributed by atoms with E-state index in [0.717, 1.165) is 18.3 Å². The van der Waals surface area contributed by atoms with E-state index in [1.807, 2.05) is 0 Å². The average Bonchev–Trinajstić information content (AvgIpc) is 2.87. The average molecular weight is 262 g/mol. The molecular weight excluding hydrogens is 246 g/mol. The molecule has 0 radical (unpaired) electrons. The topological polar surface area (TPSA) is 39.9 Å². The van der Waals surface area contributed by atoms with Crippen molar-refractivity contribution < 1.29 is 0 Å². The Hall–Kier alpha value is -1.27. The smallest absolute Gasteiger partial charge is 0.148 e. The summed E-state index contributed by atoms with van der Waals surface area (Å²) in [5.74, 6) is 1.61. The fourth-order valence-corrected chi connectivity index (χ4v) is 3.70. The van der Waals surface area contributed by atoms with Crippen molar-refractivity contribution in [2.75, 3.05) is 11.4 Å². The highest BCUT2D eigenvalue weighted by molar-refractivity contribution is 6.34. The molecule has 4 heteroatoms. The van der Waals surface area contributed by atoms with Gasteiger partial charge in [-0.05, 0) is 37.7 Å². The molecule has 1 aliphatic carbocycles. The number of hydrogen-bond acceptors (Lipinski definition) is 3. The van der Waals surface area contributed by atoms with Crippen LogP contribution in [0.2, 0.25) is 5.02 Å². The lowest BCUT2D eigenvalue weighted by atomic mass is 9.92. The van der Waals surface area contributed by atoms with E-state index in [2.05, 4.69) is 16.0 Å². The van der Waals surface area contributed by atoms with Crippen LogP contribution in [0.1, 0.15) is 37.7 Å². The van der Waals surface area contributed by atoms with Crippen LogP contribution >= 0.6 is 11.6 Å². The number of rotatable bonds is 1. The zero-order valence-corrected chi connectivity index (χ0v) is 11.0. The zero-order valence-electron chi connectivity index (χ0n) is 10.3. The summed E-state index contributed by atoms with van der Waals surface area (Å²) >= 11 is 6.31. The van der Waals surface area contributed by atoms with Crippen LogP contribution in [-0.2, 0) is 0 Å². The number of nitriles is 1. The Kier molecular flexibility index (Phi) is 3.13. The molecule has 2 fully saturated rings. The lowest BCUT2D eigenvalue weighted by molar-refractivity contribution is 0.360. The highest BCUT2D eigenvalue weighted by atomic mass is 35.5. The molecule has 2 heterocycles. The minimum Gasteiger partial charge on any atom is -0.352 e. The van der Waals surface area contributed by atoms with Crippen molar-refractivity contribution >= 4 is 17.4 Å². The Balaban J connectivity index is 1.97. The maximum atomic E-state index is 9.05. The van der Waals surface area contributed by atoms with Gasteiger partial charge in [0.05, 0.1) is 5.56 Å². The predicted molar refractivity (Wildman–Crippen MR) is 71.7 cm³/mol. The van der Waals surface area contributed by atoms with Gasteiger partial charge >= 0.3 is 0 Å². The van der Waals surface area contributed by atoms with Crippen molar-refractivity contribution in [1.29, 1.82) is 5.26 Å². The van der Waals surface area contributed by atoms with Crippen molar-refractivity contribution in [3.63, 3.8) is 0 Å². The van der Waals surface area contributed by atoms with E-state index in [-0.39, 0.29) is 0 Å². The van der Waals surface area contributed by atoms with Gasteiger partial charge in [-0.3, -0.25) is 0 Å². The van der Waals surface area contributed by atoms with Crippen molar-refractivity contribution in [1.82, 2.24) is 4.98 Å². The van der Waals surface area contributed by atoms with Gasteiger partial charge in [-0.25, -0.2) is 4.98 Å². The number of fused-ring (bicyclic) bond motifs is 1. The Morgan fingerprint density at radius 1 is 1.33 bits per heavy atom. The molecule has 0 bridgehead atoms. The second-order valence-electron chi connectivity index (χ2n) is 5.20. The Morgan fingerprint density at radius 2 is 2.17 bits per heavy atom. The minimum absolute atomic E-state index is 0.521. The molecule has 1 saturated carbocycles. The van der Waals surface area contributed by atoms with Gasteiger partial charge in [-0.2, -0.15) is 5.26 Å². The van der Waals surface area contributed by atoms with E-state index >= 15 is 0 Å². The number of aromatic nitrogens is 1. The third-order valence-corrected chi connectivity index (χ3v) is 4.63. The molecule has 2 atom stereocenters. The minimum atomic E-state index is 0.521. The molecule has 0 N–H and O–H groups in total. The Morgan fingerprint density at radius 3 is 3.00 bits per heavy atom. The number of nitrogens with zero attached hydrogens (tertiary/aromatic N) is 3. The monoisotopic (exact) mass is 261 g/mol. The lowest BCUT2D eigenvalue weighted by Gasteiger charge is -2.39. The summed E-state index contributed by atoms with van der Waals surface area (Å²) in [5, 5.41) is 9.57. The SMILES string of the molecule is N#Cc1ccnc(N2CCCC3CCCC32)c1Cl. The normalized spacial score (nSPS) is 26.8. The summed E-state index contributed by atoms with van der Waals surface area (Å²) in [6, 6.07) is 4.40. The third kappa shape index (κ3) is 1.85. The number of hydrogen-bond donors (Lipinski definition) is 0. The molecule has 2 unspecified atom stereocenters. The fraction of sp³-hybridized carbons (Fsp3) is 0.571. The van der Waals surface area contributed by atoms with Crippen LogP contribution in [-0.4, -0.2) is 17.6 Å². The highest BCUT2D eigenvalue weighted by Crippen LogP contribution is 2.40. The van der Waals surface area contributed by atoms with Crippen LogP contribution in [0, 0.1) is 17.2 Å². The first-order valence-corrected chi connectivity index (χ1v) is 7.00. The summed E-state index contributed by atoms with van der Waals surface area (Å²) in [7, 11) is 0. The van der Waals surface area contributed by atoms with Gasteiger partial charge in [-0.15, -0.1) is 0 Å². The Labute approximate surface area is 112 Å². The largest absolute Gasteiger partial charge is 0.352 e. The maximum absolute atomic E-state index is 9.05. The second-order valence-corrected chi connectivity index (χ2v) is 5.58. The summed E-state index contributed by atoms with van der Waals surface area (Å²) in [6.45, 7) is 1.02. The molecule has 1 aliphatic heterocycles. The van der Waals surface area contributed by atoms with Crippen LogP contribution in [0.4, 0.5) is 5.82 Å². The molecule has 1 aromatic rings. The van der Waals surface area contributed by atoms with Gasteiger partial charge in [0.2, 0.25) is 0 Å². The first-order chi connectivity index (χ1) is 8.81. The van der Waals surface area contributed by atoms with Crippen LogP contribution in [0.15, 0.2) is 12.3 Å². The number of pyridine rings is 1. The zero-order chi connectivity index (χ0) is 12.5. The summed E-state index contributed by atoms with van der Waals surface area (Å²) in [5.41, 5.74) is 0.529. The second kappa shape index (κ2) is 4.78. The van der Waals surface area contributed by atoms with Crippen LogP contribution in [0.5, 0.6) is 0 Å². The molecule has 0 spiro atoms. The first kappa shape index (κ1) is 11.8. The van der Waals surface area contributed by atoms with Gasteiger partial charge in [0.15, 0.2) is 0 Å². The predicted octanol–water partition coefficient (Wildman–Crippen LogP) is 3.38. The molecule has 0 aromatic carbocycles. The van der Waals surface area contributed by atoms with Crippen molar-refractivity contribution in [2.24, 2.45) is 5.92 Å². The van der Waals surface area contributed by atoms with E-state index < -0.39 is 0 Å². The molecule has 3 rings (SSSR count). The van der Waals surface area contributed by atoms with Crippen LogP contribution < -0.4 is 4.90 Å². The molecule has 18 heavy (non-hydrogen) atoms. The molecular formula is C14H16ClN3. The van der Waals surface area contributed by atoms with Gasteiger partial charge in [0.1, 0.15) is 16.9 Å². The third-order valence-electron chi connectivity index (χ3n) is 4.26. The van der Waals surface area contributed by atoms with Gasteiger partial charge in [0, 0.05) is 18.8 Å². The standard InChI is InChI=1S/C14H16ClN3/c15-13-11(9-16)6-7-17-14(13)18-8-2-4-10-3-1-5-12(10)18/h6-7,10,12H,1-5,8H2. The molecule has 0 amide bonds. The van der Waals surface area contributed by atoms with Crippen molar-refractivity contribution in [3.05, 3.63) is 22.8 Å². The lowest BCUT2D eigenvalue weighted by Crippen LogP contribution is -2.43. The number of anilines is 1. The molecule has 94 valence electrons. The van der Waals surface area contributed by atoms with Crippen LogP contribution in [0.3, 0.4) is 0 Å². The van der Waals surface area contributed by atoms with Gasteiger partial charge < -0.3 is 4.90 Å². The van der Waals surface area contributed by atoms with E-state index in [9.17, 15) is 0 Å². The van der Waals surface area contributed by atoms with Gasteiger partial charge in [0.25, 0.3) is 0 Å². The molecule has 2 aliphatic rings. The number of halogens is 1. The molecule has 1 aromatic heterocycles. The van der Waals surface area contributed by atoms with E-state index in [1.165, 1.54) is 32.1 Å². The van der Waals surface area contributed by atoms with Crippen molar-refractivity contribution in [2.45, 2.75) is 38.1 Å². The van der Waals surface area contributed by atoms with E-state index in [4.69, 9.17) is 16.9 Å². The van der Waals surface area contributed by atoms with E-state index in [1.54, 1.807) is 12.3 Å². The fourth-order valence-electron chi connectivity index (χ4n) is 3.44. The quantitative estimate of drug-likeness (QED) is 0.778. The molecule has 3 nitrogen and oxygen atoms in total. The number of piperidine rings is 1.